The Morgan fingerprint density at radius 2 is 2.19 bits per heavy atom. The Morgan fingerprint density at radius 1 is 1.43 bits per heavy atom. The second kappa shape index (κ2) is 5.34. The van der Waals surface area contributed by atoms with Crippen molar-refractivity contribution >= 4 is 9.84 Å². The van der Waals surface area contributed by atoms with Gasteiger partial charge in [-0.1, -0.05) is 0 Å². The van der Waals surface area contributed by atoms with Crippen molar-refractivity contribution in [1.29, 1.82) is 0 Å². The second-order valence-corrected chi connectivity index (χ2v) is 8.04. The van der Waals surface area contributed by atoms with Crippen molar-refractivity contribution in [3.8, 4) is 0 Å². The average molecular weight is 313 g/mol. The van der Waals surface area contributed by atoms with Crippen LogP contribution in [0, 0.1) is 5.82 Å². The highest BCUT2D eigenvalue weighted by Crippen LogP contribution is 2.37. The van der Waals surface area contributed by atoms with Gasteiger partial charge in [0.2, 0.25) is 0 Å². The summed E-state index contributed by atoms with van der Waals surface area (Å²) in [7, 11) is -1.57. The summed E-state index contributed by atoms with van der Waals surface area (Å²) >= 11 is 0. The van der Waals surface area contributed by atoms with E-state index >= 15 is 0 Å². The van der Waals surface area contributed by atoms with Crippen LogP contribution in [-0.2, 0) is 14.6 Å². The van der Waals surface area contributed by atoms with E-state index in [1.54, 1.807) is 7.11 Å². The molecular weight excluding hydrogens is 293 g/mol. The fourth-order valence-corrected chi connectivity index (χ4v) is 4.76. The summed E-state index contributed by atoms with van der Waals surface area (Å²) in [5.41, 5.74) is 0.413. The lowest BCUT2D eigenvalue weighted by Crippen LogP contribution is -2.49. The van der Waals surface area contributed by atoms with Crippen LogP contribution in [0.25, 0.3) is 0 Å². The molecule has 3 rings (SSSR count). The molecule has 1 heterocycles. The quantitative estimate of drug-likeness (QED) is 0.866. The number of methoxy groups -OCH3 is 1. The molecule has 1 atom stereocenters. The van der Waals surface area contributed by atoms with Gasteiger partial charge in [-0.05, 0) is 49.4 Å². The van der Waals surface area contributed by atoms with Gasteiger partial charge in [0.1, 0.15) is 5.82 Å². The van der Waals surface area contributed by atoms with Gasteiger partial charge in [0.25, 0.3) is 0 Å². The smallest absolute Gasteiger partial charge is 0.178 e. The summed E-state index contributed by atoms with van der Waals surface area (Å²) in [4.78, 5) is 0.257. The first-order chi connectivity index (χ1) is 9.96. The van der Waals surface area contributed by atoms with Gasteiger partial charge in [0.05, 0.1) is 16.2 Å². The molecule has 1 aliphatic carbocycles. The largest absolute Gasteiger partial charge is 0.377 e. The Labute approximate surface area is 124 Å². The van der Waals surface area contributed by atoms with Crippen molar-refractivity contribution in [3.05, 3.63) is 29.6 Å². The van der Waals surface area contributed by atoms with Gasteiger partial charge in [-0.15, -0.1) is 0 Å². The van der Waals surface area contributed by atoms with Crippen LogP contribution in [0.4, 0.5) is 4.39 Å². The van der Waals surface area contributed by atoms with E-state index in [9.17, 15) is 12.8 Å². The summed E-state index contributed by atoms with van der Waals surface area (Å²) in [5, 5.41) is 3.38. The maximum absolute atomic E-state index is 13.5. The van der Waals surface area contributed by atoms with Gasteiger partial charge in [0, 0.05) is 19.7 Å². The molecule has 4 nitrogen and oxygen atoms in total. The highest BCUT2D eigenvalue weighted by atomic mass is 32.2. The molecule has 0 radical (unpaired) electrons. The third-order valence-electron chi connectivity index (χ3n) is 4.73. The molecule has 0 saturated heterocycles. The molecule has 0 aromatic heterocycles. The third-order valence-corrected chi connectivity index (χ3v) is 6.54. The summed E-state index contributed by atoms with van der Waals surface area (Å²) in [6, 6.07) is 3.79. The van der Waals surface area contributed by atoms with Crippen LogP contribution >= 0.6 is 0 Å². The molecule has 1 aromatic rings. The van der Waals surface area contributed by atoms with Crippen LogP contribution in [0.5, 0.6) is 0 Å². The molecule has 0 bridgehead atoms. The minimum absolute atomic E-state index is 0.100. The standard InChI is InChI=1S/C15H20FNO3S/c1-20-15(6-2-7-15)10-17-13-5-8-21(18,19)14-4-3-11(16)9-12(13)14/h3-4,9,13,17H,2,5-8,10H2,1H3. The predicted molar refractivity (Wildman–Crippen MR) is 77.4 cm³/mol. The molecule has 1 fully saturated rings. The Bertz CT molecular complexity index is 635. The number of benzene rings is 1. The molecule has 2 aliphatic rings. The van der Waals surface area contributed by atoms with Crippen LogP contribution in [0.3, 0.4) is 0 Å². The molecule has 116 valence electrons. The van der Waals surface area contributed by atoms with E-state index in [1.807, 2.05) is 0 Å². The molecule has 1 saturated carbocycles. The monoisotopic (exact) mass is 313 g/mol. The van der Waals surface area contributed by atoms with Crippen LogP contribution in [0.2, 0.25) is 0 Å². The molecule has 1 aromatic carbocycles. The highest BCUT2D eigenvalue weighted by molar-refractivity contribution is 7.91. The van der Waals surface area contributed by atoms with Crippen molar-refractivity contribution in [1.82, 2.24) is 5.32 Å². The van der Waals surface area contributed by atoms with Crippen LogP contribution in [0.15, 0.2) is 23.1 Å². The van der Waals surface area contributed by atoms with Crippen LogP contribution < -0.4 is 5.32 Å². The SMILES string of the molecule is COC1(CNC2CCS(=O)(=O)c3ccc(F)cc32)CCC1. The summed E-state index contributed by atoms with van der Waals surface area (Å²) in [6.45, 7) is 0.671. The molecule has 1 N–H and O–H groups in total. The first-order valence-electron chi connectivity index (χ1n) is 7.27. The number of ether oxygens (including phenoxy) is 1. The fourth-order valence-electron chi connectivity index (χ4n) is 3.16. The number of sulfone groups is 1. The molecule has 0 spiro atoms. The summed E-state index contributed by atoms with van der Waals surface area (Å²) < 4.78 is 43.2. The van der Waals surface area contributed by atoms with Gasteiger partial charge >= 0.3 is 0 Å². The van der Waals surface area contributed by atoms with Gasteiger partial charge in [-0.2, -0.15) is 0 Å². The Balaban J connectivity index is 1.83. The van der Waals surface area contributed by atoms with E-state index < -0.39 is 15.7 Å². The normalized spacial score (nSPS) is 25.9. The Hall–Kier alpha value is -0.980. The van der Waals surface area contributed by atoms with E-state index in [0.717, 1.165) is 19.3 Å². The molecule has 21 heavy (non-hydrogen) atoms. The molecule has 1 unspecified atom stereocenters. The van der Waals surface area contributed by atoms with Crippen molar-refractivity contribution in [3.63, 3.8) is 0 Å². The second-order valence-electron chi connectivity index (χ2n) is 5.96. The predicted octanol–water partition coefficient (Wildman–Crippen LogP) is 2.20. The highest BCUT2D eigenvalue weighted by Gasteiger charge is 2.38. The zero-order valence-corrected chi connectivity index (χ0v) is 12.9. The van der Waals surface area contributed by atoms with Crippen molar-refractivity contribution < 1.29 is 17.5 Å². The first-order valence-corrected chi connectivity index (χ1v) is 8.92. The fraction of sp³-hybridized carbons (Fsp3) is 0.600. The van der Waals surface area contributed by atoms with Gasteiger partial charge in [0.15, 0.2) is 9.84 Å². The van der Waals surface area contributed by atoms with E-state index in [-0.39, 0.29) is 22.3 Å². The zero-order valence-electron chi connectivity index (χ0n) is 12.1. The van der Waals surface area contributed by atoms with E-state index in [1.165, 1.54) is 18.2 Å². The molecule has 0 amide bonds. The molecule has 6 heteroatoms. The molecular formula is C15H20FNO3S. The van der Waals surface area contributed by atoms with Crippen LogP contribution in [0.1, 0.15) is 37.3 Å². The number of fused-ring (bicyclic) bond motifs is 1. The Kier molecular flexibility index (Phi) is 3.80. The maximum atomic E-state index is 13.5. The van der Waals surface area contributed by atoms with Crippen molar-refractivity contribution in [2.24, 2.45) is 0 Å². The van der Waals surface area contributed by atoms with E-state index in [2.05, 4.69) is 5.32 Å². The maximum Gasteiger partial charge on any atom is 0.178 e. The van der Waals surface area contributed by atoms with Gasteiger partial charge < -0.3 is 10.1 Å². The number of hydrogen-bond acceptors (Lipinski definition) is 4. The van der Waals surface area contributed by atoms with E-state index in [4.69, 9.17) is 4.74 Å². The summed E-state index contributed by atoms with van der Waals surface area (Å²) in [5.74, 6) is -0.300. The number of nitrogens with one attached hydrogen (secondary N) is 1. The van der Waals surface area contributed by atoms with Gasteiger partial charge in [-0.3, -0.25) is 0 Å². The van der Waals surface area contributed by atoms with Gasteiger partial charge in [-0.25, -0.2) is 12.8 Å². The number of halogens is 1. The average Bonchev–Trinajstić information content (AvgIpc) is 2.40. The number of rotatable bonds is 4. The minimum Gasteiger partial charge on any atom is -0.377 e. The summed E-state index contributed by atoms with van der Waals surface area (Å²) in [6.07, 6.45) is 3.65. The lowest BCUT2D eigenvalue weighted by Gasteiger charge is -2.42. The minimum atomic E-state index is -3.28. The van der Waals surface area contributed by atoms with Crippen LogP contribution in [-0.4, -0.2) is 33.4 Å². The van der Waals surface area contributed by atoms with E-state index in [0.29, 0.717) is 18.5 Å². The van der Waals surface area contributed by atoms with Crippen molar-refractivity contribution in [2.45, 2.75) is 42.2 Å². The third kappa shape index (κ3) is 2.72. The lowest BCUT2D eigenvalue weighted by molar-refractivity contribution is -0.0710. The topological polar surface area (TPSA) is 55.4 Å². The molecule has 1 aliphatic heterocycles. The lowest BCUT2D eigenvalue weighted by atomic mass is 9.79. The Morgan fingerprint density at radius 3 is 2.81 bits per heavy atom. The van der Waals surface area contributed by atoms with Crippen molar-refractivity contribution in [2.75, 3.05) is 19.4 Å². The number of hydrogen-bond donors (Lipinski definition) is 1. The zero-order chi connectivity index (χ0) is 15.1. The first kappa shape index (κ1) is 14.9.